The minimum absolute atomic E-state index is 0.00920. The molecule has 1 aliphatic rings. The Hall–Kier alpha value is -0.950. The molecule has 1 rings (SSSR count). The summed E-state index contributed by atoms with van der Waals surface area (Å²) < 4.78 is 21.6. The first-order chi connectivity index (χ1) is 6.88. The molecule has 0 spiro atoms. The van der Waals surface area contributed by atoms with Crippen molar-refractivity contribution in [3.63, 3.8) is 0 Å². The maximum absolute atomic E-state index is 11.2. The summed E-state index contributed by atoms with van der Waals surface area (Å²) in [5.74, 6) is -0.661. The largest absolute Gasteiger partial charge is 0.305 e. The van der Waals surface area contributed by atoms with Crippen LogP contribution in [0, 0.1) is 0 Å². The second-order valence-electron chi connectivity index (χ2n) is 3.59. The number of piperidine rings is 1. The summed E-state index contributed by atoms with van der Waals surface area (Å²) in [4.78, 5) is 22.0. The number of nitrogens with one attached hydrogen (secondary N) is 2. The lowest BCUT2D eigenvalue weighted by molar-refractivity contribution is -0.134. The SMILES string of the molecule is CS(=O)(=O)CCNC1CCC(=O)NC1=O. The van der Waals surface area contributed by atoms with Gasteiger partial charge in [-0.1, -0.05) is 0 Å². The highest BCUT2D eigenvalue weighted by Crippen LogP contribution is 2.03. The molecule has 0 aromatic rings. The van der Waals surface area contributed by atoms with Crippen LogP contribution in [-0.2, 0) is 19.4 Å². The van der Waals surface area contributed by atoms with Crippen molar-refractivity contribution in [3.05, 3.63) is 0 Å². The molecule has 86 valence electrons. The van der Waals surface area contributed by atoms with E-state index in [1.54, 1.807) is 0 Å². The first-order valence-electron chi connectivity index (χ1n) is 4.63. The van der Waals surface area contributed by atoms with Crippen LogP contribution >= 0.6 is 0 Å². The van der Waals surface area contributed by atoms with Gasteiger partial charge in [0.05, 0.1) is 11.8 Å². The Kier molecular flexibility index (Phi) is 3.81. The number of sulfone groups is 1. The third-order valence-corrected chi connectivity index (χ3v) is 3.05. The van der Waals surface area contributed by atoms with Gasteiger partial charge in [-0.2, -0.15) is 0 Å². The van der Waals surface area contributed by atoms with Crippen LogP contribution in [-0.4, -0.2) is 44.8 Å². The molecule has 1 atom stereocenters. The average molecular weight is 234 g/mol. The van der Waals surface area contributed by atoms with Gasteiger partial charge >= 0.3 is 0 Å². The van der Waals surface area contributed by atoms with Gasteiger partial charge in [0.2, 0.25) is 11.8 Å². The van der Waals surface area contributed by atoms with Gasteiger partial charge in [0.15, 0.2) is 0 Å². The predicted octanol–water partition coefficient (Wildman–Crippen LogP) is -1.57. The molecule has 0 aromatic heterocycles. The lowest BCUT2D eigenvalue weighted by Crippen LogP contribution is -2.51. The Balaban J connectivity index is 2.33. The summed E-state index contributed by atoms with van der Waals surface area (Å²) in [6.45, 7) is 0.227. The highest BCUT2D eigenvalue weighted by Gasteiger charge is 2.25. The van der Waals surface area contributed by atoms with E-state index in [-0.39, 0.29) is 24.1 Å². The van der Waals surface area contributed by atoms with Gasteiger partial charge in [0.1, 0.15) is 9.84 Å². The average Bonchev–Trinajstić information content (AvgIpc) is 2.07. The quantitative estimate of drug-likeness (QED) is 0.573. The van der Waals surface area contributed by atoms with Crippen molar-refractivity contribution in [1.82, 2.24) is 10.6 Å². The van der Waals surface area contributed by atoms with Gasteiger partial charge in [-0.05, 0) is 6.42 Å². The van der Waals surface area contributed by atoms with Gasteiger partial charge in [0, 0.05) is 19.2 Å². The lowest BCUT2D eigenvalue weighted by Gasteiger charge is -2.21. The van der Waals surface area contributed by atoms with Crippen molar-refractivity contribution in [3.8, 4) is 0 Å². The van der Waals surface area contributed by atoms with Crippen molar-refractivity contribution in [2.24, 2.45) is 0 Å². The first-order valence-corrected chi connectivity index (χ1v) is 6.69. The van der Waals surface area contributed by atoms with Crippen LogP contribution in [0.2, 0.25) is 0 Å². The fraction of sp³-hybridized carbons (Fsp3) is 0.750. The molecule has 2 N–H and O–H groups in total. The molecule has 0 radical (unpaired) electrons. The number of carbonyl (C=O) groups is 2. The van der Waals surface area contributed by atoms with Gasteiger partial charge in [-0.3, -0.25) is 14.9 Å². The predicted molar refractivity (Wildman–Crippen MR) is 53.9 cm³/mol. The molecular formula is C8H14N2O4S. The topological polar surface area (TPSA) is 92.3 Å². The molecule has 1 unspecified atom stereocenters. The van der Waals surface area contributed by atoms with Gasteiger partial charge < -0.3 is 5.32 Å². The Morgan fingerprint density at radius 2 is 2.13 bits per heavy atom. The van der Waals surface area contributed by atoms with E-state index in [2.05, 4.69) is 10.6 Å². The summed E-state index contributed by atoms with van der Waals surface area (Å²) >= 11 is 0. The second kappa shape index (κ2) is 4.71. The molecule has 0 aromatic carbocycles. The normalized spacial score (nSPS) is 22.6. The third-order valence-electron chi connectivity index (χ3n) is 2.10. The van der Waals surface area contributed by atoms with E-state index >= 15 is 0 Å². The van der Waals surface area contributed by atoms with Crippen LogP contribution in [0.4, 0.5) is 0 Å². The summed E-state index contributed by atoms with van der Waals surface area (Å²) in [5, 5.41) is 4.99. The molecule has 2 amide bonds. The molecule has 15 heavy (non-hydrogen) atoms. The van der Waals surface area contributed by atoms with Crippen LogP contribution in [0.25, 0.3) is 0 Å². The van der Waals surface area contributed by atoms with Gasteiger partial charge in [-0.15, -0.1) is 0 Å². The monoisotopic (exact) mass is 234 g/mol. The number of imide groups is 1. The number of rotatable bonds is 4. The highest BCUT2D eigenvalue weighted by atomic mass is 32.2. The van der Waals surface area contributed by atoms with Crippen molar-refractivity contribution >= 4 is 21.7 Å². The van der Waals surface area contributed by atoms with Gasteiger partial charge in [0.25, 0.3) is 0 Å². The Bertz CT molecular complexity index is 363. The molecule has 1 fully saturated rings. The van der Waals surface area contributed by atoms with E-state index in [9.17, 15) is 18.0 Å². The van der Waals surface area contributed by atoms with Crippen molar-refractivity contribution in [1.29, 1.82) is 0 Å². The Morgan fingerprint density at radius 3 is 2.67 bits per heavy atom. The highest BCUT2D eigenvalue weighted by molar-refractivity contribution is 7.90. The number of carbonyl (C=O) groups excluding carboxylic acids is 2. The van der Waals surface area contributed by atoms with E-state index in [4.69, 9.17) is 0 Å². The zero-order valence-corrected chi connectivity index (χ0v) is 9.26. The fourth-order valence-electron chi connectivity index (χ4n) is 1.31. The van der Waals surface area contributed by atoms with E-state index < -0.39 is 15.9 Å². The van der Waals surface area contributed by atoms with Crippen LogP contribution in [0.3, 0.4) is 0 Å². The molecule has 0 aliphatic carbocycles. The molecular weight excluding hydrogens is 220 g/mol. The molecule has 1 aliphatic heterocycles. The molecule has 0 bridgehead atoms. The minimum Gasteiger partial charge on any atom is -0.305 e. The zero-order chi connectivity index (χ0) is 11.5. The molecule has 6 nitrogen and oxygen atoms in total. The maximum atomic E-state index is 11.2. The molecule has 0 saturated carbocycles. The first kappa shape index (κ1) is 12.1. The van der Waals surface area contributed by atoms with Crippen molar-refractivity contribution < 1.29 is 18.0 Å². The standard InChI is InChI=1S/C8H14N2O4S/c1-15(13,14)5-4-9-6-2-3-7(11)10-8(6)12/h6,9H,2-5H2,1H3,(H,10,11,12). The third kappa shape index (κ3) is 4.39. The number of amides is 2. The van der Waals surface area contributed by atoms with Crippen molar-refractivity contribution in [2.45, 2.75) is 18.9 Å². The van der Waals surface area contributed by atoms with Gasteiger partial charge in [-0.25, -0.2) is 8.42 Å². The summed E-state index contributed by atoms with van der Waals surface area (Å²) in [7, 11) is -3.01. The maximum Gasteiger partial charge on any atom is 0.243 e. The van der Waals surface area contributed by atoms with Crippen LogP contribution in [0.15, 0.2) is 0 Å². The van der Waals surface area contributed by atoms with E-state index in [0.717, 1.165) is 6.26 Å². The fourth-order valence-corrected chi connectivity index (χ4v) is 1.80. The summed E-state index contributed by atoms with van der Waals surface area (Å²) in [6, 6.07) is -0.454. The van der Waals surface area contributed by atoms with Crippen LogP contribution in [0.5, 0.6) is 0 Å². The van der Waals surface area contributed by atoms with E-state index in [0.29, 0.717) is 12.8 Å². The zero-order valence-electron chi connectivity index (χ0n) is 8.45. The van der Waals surface area contributed by atoms with E-state index in [1.165, 1.54) is 0 Å². The Morgan fingerprint density at radius 1 is 1.47 bits per heavy atom. The summed E-state index contributed by atoms with van der Waals surface area (Å²) in [6.07, 6.45) is 1.86. The van der Waals surface area contributed by atoms with Crippen LogP contribution in [0.1, 0.15) is 12.8 Å². The second-order valence-corrected chi connectivity index (χ2v) is 5.85. The number of hydrogen-bond acceptors (Lipinski definition) is 5. The molecule has 7 heteroatoms. The molecule has 1 saturated heterocycles. The number of hydrogen-bond donors (Lipinski definition) is 2. The summed E-state index contributed by atoms with van der Waals surface area (Å²) in [5.41, 5.74) is 0. The Labute approximate surface area is 88.3 Å². The lowest BCUT2D eigenvalue weighted by atomic mass is 10.1. The smallest absolute Gasteiger partial charge is 0.243 e. The van der Waals surface area contributed by atoms with Crippen LogP contribution < -0.4 is 10.6 Å². The molecule has 1 heterocycles. The van der Waals surface area contributed by atoms with Crippen molar-refractivity contribution in [2.75, 3.05) is 18.6 Å². The van der Waals surface area contributed by atoms with E-state index in [1.807, 2.05) is 0 Å². The minimum atomic E-state index is -3.01.